The first-order valence-electron chi connectivity index (χ1n) is 12.1. The number of halogens is 1. The summed E-state index contributed by atoms with van der Waals surface area (Å²) in [6.45, 7) is 2.95. The van der Waals surface area contributed by atoms with Gasteiger partial charge in [-0.05, 0) is 61.9 Å². The van der Waals surface area contributed by atoms with Crippen LogP contribution in [0.15, 0.2) is 58.3 Å². The van der Waals surface area contributed by atoms with Gasteiger partial charge in [0.15, 0.2) is 0 Å². The van der Waals surface area contributed by atoms with E-state index in [-0.39, 0.29) is 28.3 Å². The van der Waals surface area contributed by atoms with Gasteiger partial charge in [-0.15, -0.1) is 0 Å². The number of benzene rings is 2. The zero-order valence-electron chi connectivity index (χ0n) is 19.6. The second-order valence-corrected chi connectivity index (χ2v) is 13.2. The van der Waals surface area contributed by atoms with E-state index >= 15 is 0 Å². The van der Waals surface area contributed by atoms with Gasteiger partial charge in [-0.1, -0.05) is 44.4 Å². The Kier molecular flexibility index (Phi) is 7.76. The van der Waals surface area contributed by atoms with Crippen molar-refractivity contribution in [2.45, 2.75) is 74.2 Å². The molecule has 2 aromatic rings. The molecule has 2 atom stereocenters. The van der Waals surface area contributed by atoms with E-state index in [2.05, 4.69) is 0 Å². The van der Waals surface area contributed by atoms with Crippen molar-refractivity contribution in [2.24, 2.45) is 5.92 Å². The number of rotatable bonds is 7. The third kappa shape index (κ3) is 5.22. The first-order chi connectivity index (χ1) is 16.2. The van der Waals surface area contributed by atoms with Crippen LogP contribution in [0.2, 0.25) is 0 Å². The predicted octanol–water partition coefficient (Wildman–Crippen LogP) is 4.77. The van der Waals surface area contributed by atoms with Gasteiger partial charge in [0.1, 0.15) is 5.82 Å². The highest BCUT2D eigenvalue weighted by Gasteiger charge is 2.36. The lowest BCUT2D eigenvalue weighted by Gasteiger charge is -2.38. The molecule has 2 fully saturated rings. The van der Waals surface area contributed by atoms with Crippen LogP contribution in [0.3, 0.4) is 0 Å². The second kappa shape index (κ2) is 10.4. The van der Waals surface area contributed by atoms with E-state index in [0.717, 1.165) is 44.9 Å². The van der Waals surface area contributed by atoms with Gasteiger partial charge in [0.2, 0.25) is 20.0 Å². The lowest BCUT2D eigenvalue weighted by atomic mass is 9.86. The molecule has 1 aliphatic carbocycles. The Morgan fingerprint density at radius 3 is 2.12 bits per heavy atom. The number of hydrogen-bond donors (Lipinski definition) is 0. The van der Waals surface area contributed by atoms with Crippen LogP contribution in [0.1, 0.15) is 57.4 Å². The minimum absolute atomic E-state index is 0.0270. The van der Waals surface area contributed by atoms with E-state index in [4.69, 9.17) is 0 Å². The number of nitrogens with zero attached hydrogens (tertiary/aromatic N) is 2. The molecule has 186 valence electrons. The van der Waals surface area contributed by atoms with Crippen LogP contribution in [0, 0.1) is 11.7 Å². The second-order valence-electron chi connectivity index (χ2n) is 9.41. The smallest absolute Gasteiger partial charge is 0.207 e. The number of hydrogen-bond acceptors (Lipinski definition) is 4. The van der Waals surface area contributed by atoms with Gasteiger partial charge in [0.25, 0.3) is 0 Å². The van der Waals surface area contributed by atoms with Crippen LogP contribution in [0.5, 0.6) is 0 Å². The third-order valence-electron chi connectivity index (χ3n) is 7.10. The van der Waals surface area contributed by atoms with Gasteiger partial charge < -0.3 is 0 Å². The van der Waals surface area contributed by atoms with Gasteiger partial charge >= 0.3 is 0 Å². The molecule has 9 heteroatoms. The molecular weight excluding hydrogens is 475 g/mol. The van der Waals surface area contributed by atoms with Gasteiger partial charge in [-0.25, -0.2) is 21.2 Å². The fourth-order valence-electron chi connectivity index (χ4n) is 5.07. The highest BCUT2D eigenvalue weighted by atomic mass is 32.2. The predicted molar refractivity (Wildman–Crippen MR) is 130 cm³/mol. The molecule has 2 aliphatic rings. The van der Waals surface area contributed by atoms with Gasteiger partial charge in [-0.2, -0.15) is 8.61 Å². The van der Waals surface area contributed by atoms with Crippen molar-refractivity contribution in [3.05, 3.63) is 59.9 Å². The zero-order chi connectivity index (χ0) is 24.3. The van der Waals surface area contributed by atoms with Crippen molar-refractivity contribution in [1.82, 2.24) is 8.61 Å². The maximum absolute atomic E-state index is 14.5. The lowest BCUT2D eigenvalue weighted by Crippen LogP contribution is -2.44. The quantitative estimate of drug-likeness (QED) is 0.540. The summed E-state index contributed by atoms with van der Waals surface area (Å²) in [6.07, 6.45) is 6.28. The standard InChI is InChI=1S/C25H33FN2O4S2/c1-20-9-3-6-12-25(20)28(19-21-10-4-5-11-24(21)26)34(31,32)23-15-13-22(14-16-23)33(29,30)27-17-7-2-8-18-27/h4-5,10-11,13-16,20,25H,2-3,6-9,12,17-19H2,1H3. The summed E-state index contributed by atoms with van der Waals surface area (Å²) in [5.41, 5.74) is 0.327. The molecule has 0 bridgehead atoms. The Labute approximate surface area is 202 Å². The van der Waals surface area contributed by atoms with Crippen molar-refractivity contribution in [3.8, 4) is 0 Å². The maximum Gasteiger partial charge on any atom is 0.243 e. The van der Waals surface area contributed by atoms with E-state index in [1.54, 1.807) is 18.2 Å². The van der Waals surface area contributed by atoms with Crippen LogP contribution in [-0.4, -0.2) is 44.6 Å². The van der Waals surface area contributed by atoms with Crippen LogP contribution >= 0.6 is 0 Å². The molecule has 2 unspecified atom stereocenters. The summed E-state index contributed by atoms with van der Waals surface area (Å²) in [6, 6.07) is 11.5. The topological polar surface area (TPSA) is 74.8 Å². The molecule has 0 amide bonds. The molecule has 0 spiro atoms. The van der Waals surface area contributed by atoms with Crippen molar-refractivity contribution >= 4 is 20.0 Å². The molecule has 34 heavy (non-hydrogen) atoms. The van der Waals surface area contributed by atoms with E-state index in [0.29, 0.717) is 18.7 Å². The molecule has 1 aliphatic heterocycles. The van der Waals surface area contributed by atoms with Gasteiger partial charge in [0, 0.05) is 31.2 Å². The third-order valence-corrected chi connectivity index (χ3v) is 10.9. The maximum atomic E-state index is 14.5. The summed E-state index contributed by atoms with van der Waals surface area (Å²) < 4.78 is 70.9. The minimum atomic E-state index is -3.98. The molecule has 4 rings (SSSR count). The molecule has 1 saturated carbocycles. The molecule has 0 radical (unpaired) electrons. The molecule has 0 N–H and O–H groups in total. The summed E-state index contributed by atoms with van der Waals surface area (Å²) in [4.78, 5) is 0.124. The highest BCUT2D eigenvalue weighted by molar-refractivity contribution is 7.89. The number of piperidine rings is 1. The average Bonchev–Trinajstić information content (AvgIpc) is 2.85. The van der Waals surface area contributed by atoms with Gasteiger partial charge in [0.05, 0.1) is 9.79 Å². The normalized spacial score (nSPS) is 22.7. The Morgan fingerprint density at radius 1 is 0.853 bits per heavy atom. The van der Waals surface area contributed by atoms with Crippen molar-refractivity contribution in [2.75, 3.05) is 13.1 Å². The fraction of sp³-hybridized carbons (Fsp3) is 0.520. The van der Waals surface area contributed by atoms with Crippen molar-refractivity contribution in [1.29, 1.82) is 0 Å². The Balaban J connectivity index is 1.66. The van der Waals surface area contributed by atoms with Crippen molar-refractivity contribution < 1.29 is 21.2 Å². The van der Waals surface area contributed by atoms with E-state index in [1.807, 2.05) is 6.92 Å². The summed E-state index contributed by atoms with van der Waals surface area (Å²) >= 11 is 0. The average molecular weight is 509 g/mol. The molecule has 2 aromatic carbocycles. The number of sulfonamides is 2. The fourth-order valence-corrected chi connectivity index (χ4v) is 8.32. The monoisotopic (exact) mass is 508 g/mol. The molecule has 1 saturated heterocycles. The van der Waals surface area contributed by atoms with Crippen LogP contribution in [-0.2, 0) is 26.6 Å². The molecule has 0 aromatic heterocycles. The van der Waals surface area contributed by atoms with Crippen molar-refractivity contribution in [3.63, 3.8) is 0 Å². The summed E-state index contributed by atoms with van der Waals surface area (Å²) in [7, 11) is -7.63. The van der Waals surface area contributed by atoms with E-state index < -0.39 is 25.9 Å². The minimum Gasteiger partial charge on any atom is -0.207 e. The summed E-state index contributed by atoms with van der Waals surface area (Å²) in [5, 5.41) is 0. The Morgan fingerprint density at radius 2 is 1.47 bits per heavy atom. The van der Waals surface area contributed by atoms with Crippen LogP contribution in [0.25, 0.3) is 0 Å². The molecule has 1 heterocycles. The summed E-state index contributed by atoms with van der Waals surface area (Å²) in [5.74, 6) is -0.289. The Hall–Kier alpha value is -1.81. The van der Waals surface area contributed by atoms with E-state index in [1.165, 1.54) is 38.9 Å². The first-order valence-corrected chi connectivity index (χ1v) is 14.9. The van der Waals surface area contributed by atoms with Gasteiger partial charge in [-0.3, -0.25) is 0 Å². The zero-order valence-corrected chi connectivity index (χ0v) is 21.2. The van der Waals surface area contributed by atoms with E-state index in [9.17, 15) is 21.2 Å². The SMILES string of the molecule is CC1CCCCC1N(Cc1ccccc1F)S(=O)(=O)c1ccc(S(=O)(=O)N2CCCCC2)cc1. The van der Waals surface area contributed by atoms with Crippen LogP contribution in [0.4, 0.5) is 4.39 Å². The molecular formula is C25H33FN2O4S2. The molecule has 6 nitrogen and oxygen atoms in total. The first kappa shape index (κ1) is 25.3. The Bertz CT molecular complexity index is 1190. The highest BCUT2D eigenvalue weighted by Crippen LogP contribution is 2.34. The largest absolute Gasteiger partial charge is 0.243 e. The van der Waals surface area contributed by atoms with Crippen LogP contribution < -0.4 is 0 Å². The lowest BCUT2D eigenvalue weighted by molar-refractivity contribution is 0.184.